The zero-order valence-corrected chi connectivity index (χ0v) is 16.3. The molecule has 27 heavy (non-hydrogen) atoms. The molecule has 0 saturated carbocycles. The number of alkyl halides is 1. The van der Waals surface area contributed by atoms with Crippen molar-refractivity contribution in [3.8, 4) is 0 Å². The molecule has 1 aliphatic rings. The van der Waals surface area contributed by atoms with Gasteiger partial charge in [0, 0.05) is 11.8 Å². The van der Waals surface area contributed by atoms with Gasteiger partial charge in [-0.2, -0.15) is 0 Å². The van der Waals surface area contributed by atoms with Crippen molar-refractivity contribution in [1.82, 2.24) is 0 Å². The minimum atomic E-state index is -3.31. The fourth-order valence-electron chi connectivity index (χ4n) is 3.00. The number of ether oxygens (including phenoxy) is 1. The summed E-state index contributed by atoms with van der Waals surface area (Å²) in [5.74, 6) is 0.276. The number of halogens is 1. The first-order valence-electron chi connectivity index (χ1n) is 8.63. The van der Waals surface area contributed by atoms with Crippen LogP contribution in [0.25, 0.3) is 11.3 Å². The maximum atomic E-state index is 13.1. The van der Waals surface area contributed by atoms with Gasteiger partial charge in [0.1, 0.15) is 12.4 Å². The second-order valence-electron chi connectivity index (χ2n) is 6.85. The third kappa shape index (κ3) is 3.54. The Morgan fingerprint density at radius 3 is 2.04 bits per heavy atom. The summed E-state index contributed by atoms with van der Waals surface area (Å²) >= 11 is 0. The van der Waals surface area contributed by atoms with Crippen molar-refractivity contribution in [1.29, 1.82) is 0 Å². The highest BCUT2D eigenvalue weighted by Crippen LogP contribution is 2.43. The molecule has 2 aromatic carbocycles. The van der Waals surface area contributed by atoms with Gasteiger partial charge in [0.25, 0.3) is 0 Å². The Morgan fingerprint density at radius 2 is 1.56 bits per heavy atom. The molecule has 0 fully saturated rings. The van der Waals surface area contributed by atoms with E-state index in [9.17, 15) is 17.6 Å². The second kappa shape index (κ2) is 6.93. The van der Waals surface area contributed by atoms with Crippen molar-refractivity contribution in [2.24, 2.45) is 0 Å². The van der Waals surface area contributed by atoms with Gasteiger partial charge in [-0.1, -0.05) is 31.2 Å². The van der Waals surface area contributed by atoms with Gasteiger partial charge in [0.15, 0.2) is 15.4 Å². The number of ketones is 1. The fourth-order valence-corrected chi connectivity index (χ4v) is 3.63. The number of rotatable bonds is 5. The van der Waals surface area contributed by atoms with E-state index in [0.29, 0.717) is 34.4 Å². The van der Waals surface area contributed by atoms with Crippen LogP contribution in [0.3, 0.4) is 0 Å². The lowest BCUT2D eigenvalue weighted by Gasteiger charge is -2.21. The standard InChI is InChI=1S/C21H21FO4S/c1-4-21(2)20(23)18(15-7-5-14(13-22)6-8-15)19(26-21)16-9-11-17(12-10-16)27(3,24)25/h5-12H,4,13H2,1-3H3. The number of benzene rings is 2. The molecule has 1 heterocycles. The summed E-state index contributed by atoms with van der Waals surface area (Å²) in [6.45, 7) is 3.04. The molecule has 0 bridgehead atoms. The molecule has 6 heteroatoms. The van der Waals surface area contributed by atoms with Crippen molar-refractivity contribution in [2.45, 2.75) is 37.4 Å². The predicted octanol–water partition coefficient (Wildman–Crippen LogP) is 4.20. The van der Waals surface area contributed by atoms with E-state index >= 15 is 0 Å². The summed E-state index contributed by atoms with van der Waals surface area (Å²) in [4.78, 5) is 13.3. The van der Waals surface area contributed by atoms with Gasteiger partial charge < -0.3 is 4.74 Å². The van der Waals surface area contributed by atoms with E-state index in [-0.39, 0.29) is 10.7 Å². The van der Waals surface area contributed by atoms with Crippen LogP contribution in [0.15, 0.2) is 53.4 Å². The van der Waals surface area contributed by atoms with Crippen LogP contribution >= 0.6 is 0 Å². The molecular formula is C21H21FO4S. The lowest BCUT2D eigenvalue weighted by atomic mass is 9.89. The maximum absolute atomic E-state index is 13.1. The number of hydrogen-bond donors (Lipinski definition) is 0. The van der Waals surface area contributed by atoms with Crippen LogP contribution in [0.2, 0.25) is 0 Å². The molecule has 1 atom stereocenters. The largest absolute Gasteiger partial charge is 0.478 e. The third-order valence-corrected chi connectivity index (χ3v) is 6.01. The zero-order valence-electron chi connectivity index (χ0n) is 15.5. The average Bonchev–Trinajstić information content (AvgIpc) is 2.93. The normalized spacial score (nSPS) is 20.1. The Bertz CT molecular complexity index is 1010. The van der Waals surface area contributed by atoms with Gasteiger partial charge in [-0.25, -0.2) is 12.8 Å². The van der Waals surface area contributed by atoms with Crippen molar-refractivity contribution < 1.29 is 22.3 Å². The summed E-state index contributed by atoms with van der Waals surface area (Å²) in [5, 5.41) is 0. The molecule has 4 nitrogen and oxygen atoms in total. The predicted molar refractivity (Wildman–Crippen MR) is 102 cm³/mol. The average molecular weight is 388 g/mol. The van der Waals surface area contributed by atoms with Crippen LogP contribution < -0.4 is 0 Å². The highest BCUT2D eigenvalue weighted by molar-refractivity contribution is 7.90. The van der Waals surface area contributed by atoms with E-state index in [1.54, 1.807) is 43.3 Å². The third-order valence-electron chi connectivity index (χ3n) is 4.88. The lowest BCUT2D eigenvalue weighted by molar-refractivity contribution is -0.126. The number of sulfone groups is 1. The second-order valence-corrected chi connectivity index (χ2v) is 8.86. The first-order valence-corrected chi connectivity index (χ1v) is 10.5. The van der Waals surface area contributed by atoms with E-state index in [2.05, 4.69) is 0 Å². The Labute approximate surface area is 158 Å². The van der Waals surface area contributed by atoms with E-state index in [0.717, 1.165) is 6.26 Å². The number of carbonyl (C=O) groups excluding carboxylic acids is 1. The number of Topliss-reactive ketones (excluding diaryl/α,β-unsaturated/α-hetero) is 1. The highest BCUT2D eigenvalue weighted by Gasteiger charge is 2.45. The van der Waals surface area contributed by atoms with Crippen molar-refractivity contribution in [3.05, 3.63) is 65.2 Å². The Morgan fingerprint density at radius 1 is 1.00 bits per heavy atom. The van der Waals surface area contributed by atoms with E-state index in [1.165, 1.54) is 12.1 Å². The van der Waals surface area contributed by atoms with Gasteiger partial charge in [-0.05, 0) is 48.7 Å². The molecule has 2 aromatic rings. The minimum absolute atomic E-state index is 0.139. The van der Waals surface area contributed by atoms with Gasteiger partial charge in [-0.3, -0.25) is 4.79 Å². The molecule has 0 radical (unpaired) electrons. The number of hydrogen-bond acceptors (Lipinski definition) is 4. The Kier molecular flexibility index (Phi) is 4.95. The van der Waals surface area contributed by atoms with Crippen LogP contribution in [0, 0.1) is 0 Å². The quantitative estimate of drug-likeness (QED) is 0.770. The molecule has 1 aliphatic heterocycles. The Hall–Kier alpha value is -2.47. The van der Waals surface area contributed by atoms with Crippen LogP contribution in [0.4, 0.5) is 4.39 Å². The first kappa shape index (κ1) is 19.3. The summed E-state index contributed by atoms with van der Waals surface area (Å²) in [6.07, 6.45) is 1.63. The van der Waals surface area contributed by atoms with Crippen LogP contribution in [-0.2, 0) is 26.0 Å². The van der Waals surface area contributed by atoms with Crippen LogP contribution in [-0.4, -0.2) is 26.1 Å². The van der Waals surface area contributed by atoms with Gasteiger partial charge in [0.2, 0.25) is 5.78 Å². The molecule has 1 unspecified atom stereocenters. The van der Waals surface area contributed by atoms with E-state index < -0.39 is 22.1 Å². The molecule has 3 rings (SSSR count). The molecular weight excluding hydrogens is 367 g/mol. The van der Waals surface area contributed by atoms with Crippen molar-refractivity contribution in [2.75, 3.05) is 6.26 Å². The monoisotopic (exact) mass is 388 g/mol. The van der Waals surface area contributed by atoms with E-state index in [1.807, 2.05) is 6.92 Å². The molecule has 0 saturated heterocycles. The SMILES string of the molecule is CCC1(C)OC(c2ccc(S(C)(=O)=O)cc2)=C(c2ccc(CF)cc2)C1=O. The number of carbonyl (C=O) groups is 1. The molecule has 0 spiro atoms. The minimum Gasteiger partial charge on any atom is -0.478 e. The molecule has 0 N–H and O–H groups in total. The van der Waals surface area contributed by atoms with Crippen molar-refractivity contribution >= 4 is 27.0 Å². The van der Waals surface area contributed by atoms with Gasteiger partial charge >= 0.3 is 0 Å². The summed E-state index contributed by atoms with van der Waals surface area (Å²) < 4.78 is 42.2. The molecule has 0 aromatic heterocycles. The van der Waals surface area contributed by atoms with Crippen molar-refractivity contribution in [3.63, 3.8) is 0 Å². The van der Waals surface area contributed by atoms with Gasteiger partial charge in [-0.15, -0.1) is 0 Å². The lowest BCUT2D eigenvalue weighted by Crippen LogP contribution is -2.32. The summed E-state index contributed by atoms with van der Waals surface area (Å²) in [5.41, 5.74) is 1.24. The molecule has 0 aliphatic carbocycles. The highest BCUT2D eigenvalue weighted by atomic mass is 32.2. The molecule has 0 amide bonds. The molecule has 142 valence electrons. The summed E-state index contributed by atoms with van der Waals surface area (Å²) in [7, 11) is -3.31. The fraction of sp³-hybridized carbons (Fsp3) is 0.286. The first-order chi connectivity index (χ1) is 12.7. The van der Waals surface area contributed by atoms with E-state index in [4.69, 9.17) is 4.74 Å². The zero-order chi connectivity index (χ0) is 19.8. The van der Waals surface area contributed by atoms with Crippen LogP contribution in [0.1, 0.15) is 37.0 Å². The topological polar surface area (TPSA) is 60.4 Å². The van der Waals surface area contributed by atoms with Gasteiger partial charge in [0.05, 0.1) is 10.5 Å². The Balaban J connectivity index is 2.14. The maximum Gasteiger partial charge on any atom is 0.210 e. The smallest absolute Gasteiger partial charge is 0.210 e. The van der Waals surface area contributed by atoms with Crippen LogP contribution in [0.5, 0.6) is 0 Å². The summed E-state index contributed by atoms with van der Waals surface area (Å²) in [6, 6.07) is 13.0.